The molecular weight excluding hydrogens is 272 g/mol. The van der Waals surface area contributed by atoms with Gasteiger partial charge in [-0.1, -0.05) is 41.7 Å². The summed E-state index contributed by atoms with van der Waals surface area (Å²) >= 11 is 1.57. The second-order valence-electron chi connectivity index (χ2n) is 4.91. The maximum Gasteiger partial charge on any atom is 0.186 e. The fourth-order valence-electron chi connectivity index (χ4n) is 2.40. The van der Waals surface area contributed by atoms with Crippen LogP contribution in [0.25, 0.3) is 11.3 Å². The Morgan fingerprint density at radius 3 is 2.90 bits per heavy atom. The lowest BCUT2D eigenvalue weighted by molar-refractivity contribution is 0.0989. The molecule has 1 aromatic heterocycles. The van der Waals surface area contributed by atoms with Crippen molar-refractivity contribution >= 4 is 16.5 Å². The van der Waals surface area contributed by atoms with Crippen molar-refractivity contribution in [2.75, 3.05) is 24.7 Å². The number of hydrogen-bond donors (Lipinski definition) is 1. The molecule has 1 aliphatic heterocycles. The molecule has 0 bridgehead atoms. The zero-order valence-electron chi connectivity index (χ0n) is 11.5. The summed E-state index contributed by atoms with van der Waals surface area (Å²) in [6, 6.07) is 10.4. The fourth-order valence-corrected chi connectivity index (χ4v) is 3.47. The number of benzene rings is 1. The molecule has 1 atom stereocenters. The first-order valence-corrected chi connectivity index (χ1v) is 7.61. The molecule has 106 valence electrons. The SMILES string of the molecule is CC1COCCN1c1nc(-c2ccccc2)c(CO)s1. The summed E-state index contributed by atoms with van der Waals surface area (Å²) in [6.45, 7) is 4.49. The second-order valence-corrected chi connectivity index (χ2v) is 5.97. The zero-order valence-corrected chi connectivity index (χ0v) is 12.3. The fraction of sp³-hybridized carbons (Fsp3) is 0.400. The predicted molar refractivity (Wildman–Crippen MR) is 81.1 cm³/mol. The first kappa shape index (κ1) is 13.5. The van der Waals surface area contributed by atoms with E-state index in [0.717, 1.165) is 41.0 Å². The Morgan fingerprint density at radius 2 is 2.20 bits per heavy atom. The molecule has 0 spiro atoms. The molecule has 2 heterocycles. The smallest absolute Gasteiger partial charge is 0.186 e. The summed E-state index contributed by atoms with van der Waals surface area (Å²) < 4.78 is 5.47. The average Bonchev–Trinajstić information content (AvgIpc) is 2.92. The second kappa shape index (κ2) is 5.91. The van der Waals surface area contributed by atoms with Gasteiger partial charge in [0, 0.05) is 12.1 Å². The lowest BCUT2D eigenvalue weighted by atomic mass is 10.1. The molecule has 1 N–H and O–H groups in total. The van der Waals surface area contributed by atoms with Crippen molar-refractivity contribution in [3.8, 4) is 11.3 Å². The molecule has 0 saturated carbocycles. The molecular formula is C15H18N2O2S. The van der Waals surface area contributed by atoms with E-state index in [4.69, 9.17) is 9.72 Å². The Balaban J connectivity index is 1.96. The van der Waals surface area contributed by atoms with E-state index >= 15 is 0 Å². The van der Waals surface area contributed by atoms with E-state index in [1.165, 1.54) is 0 Å². The first-order valence-electron chi connectivity index (χ1n) is 6.80. The summed E-state index contributed by atoms with van der Waals surface area (Å²) in [5.41, 5.74) is 1.95. The Hall–Kier alpha value is -1.43. The quantitative estimate of drug-likeness (QED) is 0.943. The van der Waals surface area contributed by atoms with Gasteiger partial charge in [0.25, 0.3) is 0 Å². The number of hydrogen-bond acceptors (Lipinski definition) is 5. The number of ether oxygens (including phenoxy) is 1. The van der Waals surface area contributed by atoms with Gasteiger partial charge >= 0.3 is 0 Å². The minimum atomic E-state index is 0.0284. The van der Waals surface area contributed by atoms with Crippen LogP contribution in [0.3, 0.4) is 0 Å². The van der Waals surface area contributed by atoms with Crippen LogP contribution in [0.2, 0.25) is 0 Å². The highest BCUT2D eigenvalue weighted by Crippen LogP contribution is 2.34. The topological polar surface area (TPSA) is 45.6 Å². The van der Waals surface area contributed by atoms with Crippen LogP contribution in [0.1, 0.15) is 11.8 Å². The van der Waals surface area contributed by atoms with Crippen molar-refractivity contribution in [2.24, 2.45) is 0 Å². The van der Waals surface area contributed by atoms with Crippen LogP contribution in [0.15, 0.2) is 30.3 Å². The molecule has 0 aliphatic carbocycles. The van der Waals surface area contributed by atoms with Crippen molar-refractivity contribution in [3.63, 3.8) is 0 Å². The average molecular weight is 290 g/mol. The van der Waals surface area contributed by atoms with Crippen LogP contribution in [0.5, 0.6) is 0 Å². The standard InChI is InChI=1S/C15H18N2O2S/c1-11-10-19-8-7-17(11)15-16-14(13(9-18)20-15)12-5-3-2-4-6-12/h2-6,11,18H,7-10H2,1H3. The third-order valence-corrected chi connectivity index (χ3v) is 4.57. The summed E-state index contributed by atoms with van der Waals surface area (Å²) in [5.74, 6) is 0. The van der Waals surface area contributed by atoms with Gasteiger partial charge in [-0.15, -0.1) is 0 Å². The predicted octanol–water partition coefficient (Wildman–Crippen LogP) is 2.53. The Morgan fingerprint density at radius 1 is 1.40 bits per heavy atom. The van der Waals surface area contributed by atoms with E-state index in [1.54, 1.807) is 11.3 Å². The number of thiazole rings is 1. The van der Waals surface area contributed by atoms with Gasteiger partial charge < -0.3 is 14.7 Å². The largest absolute Gasteiger partial charge is 0.391 e. The van der Waals surface area contributed by atoms with E-state index in [1.807, 2.05) is 30.3 Å². The van der Waals surface area contributed by atoms with Gasteiger partial charge in [0.1, 0.15) is 0 Å². The molecule has 4 nitrogen and oxygen atoms in total. The lowest BCUT2D eigenvalue weighted by Crippen LogP contribution is -2.43. The highest BCUT2D eigenvalue weighted by molar-refractivity contribution is 7.16. The number of rotatable bonds is 3. The molecule has 3 rings (SSSR count). The Kier molecular flexibility index (Phi) is 4.00. The van der Waals surface area contributed by atoms with Crippen LogP contribution in [0, 0.1) is 0 Å². The Labute approximate surface area is 122 Å². The third-order valence-electron chi connectivity index (χ3n) is 3.49. The molecule has 1 unspecified atom stereocenters. The monoisotopic (exact) mass is 290 g/mol. The van der Waals surface area contributed by atoms with Gasteiger partial charge in [-0.3, -0.25) is 0 Å². The molecule has 1 aromatic carbocycles. The van der Waals surface area contributed by atoms with Gasteiger partial charge in [-0.05, 0) is 6.92 Å². The molecule has 0 amide bonds. The minimum Gasteiger partial charge on any atom is -0.391 e. The van der Waals surface area contributed by atoms with E-state index in [9.17, 15) is 5.11 Å². The molecule has 1 saturated heterocycles. The first-order chi connectivity index (χ1) is 9.79. The van der Waals surface area contributed by atoms with Crippen LogP contribution in [-0.2, 0) is 11.3 Å². The number of aliphatic hydroxyl groups excluding tert-OH is 1. The van der Waals surface area contributed by atoms with Crippen molar-refractivity contribution in [2.45, 2.75) is 19.6 Å². The molecule has 2 aromatic rings. The normalized spacial score (nSPS) is 19.3. The number of anilines is 1. The maximum atomic E-state index is 9.58. The number of morpholine rings is 1. The van der Waals surface area contributed by atoms with Gasteiger partial charge in [0.05, 0.1) is 36.4 Å². The van der Waals surface area contributed by atoms with Crippen LogP contribution in [-0.4, -0.2) is 35.9 Å². The van der Waals surface area contributed by atoms with Gasteiger partial charge in [-0.25, -0.2) is 4.98 Å². The Bertz CT molecular complexity index is 571. The molecule has 1 fully saturated rings. The number of nitrogens with zero attached hydrogens (tertiary/aromatic N) is 2. The maximum absolute atomic E-state index is 9.58. The summed E-state index contributed by atoms with van der Waals surface area (Å²) in [5, 5.41) is 10.6. The van der Waals surface area contributed by atoms with E-state index < -0.39 is 0 Å². The molecule has 5 heteroatoms. The van der Waals surface area contributed by atoms with Crippen LogP contribution in [0.4, 0.5) is 5.13 Å². The van der Waals surface area contributed by atoms with Crippen molar-refractivity contribution < 1.29 is 9.84 Å². The van der Waals surface area contributed by atoms with E-state index in [2.05, 4.69) is 11.8 Å². The molecule has 0 radical (unpaired) electrons. The van der Waals surface area contributed by atoms with Crippen molar-refractivity contribution in [1.29, 1.82) is 0 Å². The van der Waals surface area contributed by atoms with Crippen LogP contribution < -0.4 is 4.90 Å². The highest BCUT2D eigenvalue weighted by Gasteiger charge is 2.23. The van der Waals surface area contributed by atoms with Crippen molar-refractivity contribution in [3.05, 3.63) is 35.2 Å². The van der Waals surface area contributed by atoms with E-state index in [0.29, 0.717) is 6.04 Å². The number of aromatic nitrogens is 1. The van der Waals surface area contributed by atoms with Crippen LogP contribution >= 0.6 is 11.3 Å². The van der Waals surface area contributed by atoms with Gasteiger partial charge in [0.2, 0.25) is 0 Å². The third kappa shape index (κ3) is 2.57. The molecule has 1 aliphatic rings. The molecule has 20 heavy (non-hydrogen) atoms. The lowest BCUT2D eigenvalue weighted by Gasteiger charge is -2.32. The van der Waals surface area contributed by atoms with E-state index in [-0.39, 0.29) is 6.61 Å². The summed E-state index contributed by atoms with van der Waals surface area (Å²) in [4.78, 5) is 7.94. The summed E-state index contributed by atoms with van der Waals surface area (Å²) in [7, 11) is 0. The number of aliphatic hydroxyl groups is 1. The van der Waals surface area contributed by atoms with Gasteiger partial charge in [-0.2, -0.15) is 0 Å². The summed E-state index contributed by atoms with van der Waals surface area (Å²) in [6.07, 6.45) is 0. The minimum absolute atomic E-state index is 0.0284. The zero-order chi connectivity index (χ0) is 13.9. The highest BCUT2D eigenvalue weighted by atomic mass is 32.1. The van der Waals surface area contributed by atoms with Crippen molar-refractivity contribution in [1.82, 2.24) is 4.98 Å². The van der Waals surface area contributed by atoms with Gasteiger partial charge in [0.15, 0.2) is 5.13 Å².